The standard InChI is InChI=1S/C18H25N3O6/c1-4-17(2,3)13-15(22)18(19,27-14-9-6-5-7-10-14)20-16(23)11-8-12-26-21(24)25/h1,5-7,9-10,15,22H,8,11-13,19H2,2-3H3,(H,20,23). The molecule has 0 spiro atoms. The Morgan fingerprint density at radius 2 is 2.07 bits per heavy atom. The smallest absolute Gasteiger partial charge is 0.294 e. The first kappa shape index (κ1) is 22.2. The van der Waals surface area contributed by atoms with Gasteiger partial charge < -0.3 is 20.0 Å². The number of carbonyl (C=O) groups excluding carboxylic acids is 1. The van der Waals surface area contributed by atoms with E-state index < -0.39 is 28.4 Å². The SMILES string of the molecule is C#CC(C)(C)CC(O)C(N)(NC(=O)CCCO[N+](=O)[O-])Oc1ccccc1. The zero-order valence-corrected chi connectivity index (χ0v) is 15.4. The molecule has 1 amide bonds. The maximum absolute atomic E-state index is 12.2. The monoisotopic (exact) mass is 379 g/mol. The first-order valence-corrected chi connectivity index (χ1v) is 8.35. The zero-order chi connectivity index (χ0) is 20.5. The van der Waals surface area contributed by atoms with Crippen molar-refractivity contribution < 1.29 is 24.6 Å². The predicted octanol–water partition coefficient (Wildman–Crippen LogP) is 1.19. The number of nitrogens with zero attached hydrogens (tertiary/aromatic N) is 1. The number of nitrogens with two attached hydrogens (primary N) is 1. The molecule has 0 aliphatic carbocycles. The summed E-state index contributed by atoms with van der Waals surface area (Å²) in [6.45, 7) is 3.26. The van der Waals surface area contributed by atoms with Crippen molar-refractivity contribution in [1.29, 1.82) is 0 Å². The minimum Gasteiger partial charge on any atom is -0.452 e. The summed E-state index contributed by atoms with van der Waals surface area (Å²) in [5.74, 6) is 0.400. The number of hydrogen-bond donors (Lipinski definition) is 3. The number of benzene rings is 1. The normalized spacial score (nSPS) is 14.3. The molecule has 0 heterocycles. The highest BCUT2D eigenvalue weighted by atomic mass is 16.9. The van der Waals surface area contributed by atoms with E-state index in [0.717, 1.165) is 0 Å². The number of aliphatic hydroxyl groups excluding tert-OH is 1. The Hall–Kier alpha value is -2.83. The molecule has 0 fully saturated rings. The number of terminal acetylenes is 1. The third-order valence-electron chi connectivity index (χ3n) is 3.70. The van der Waals surface area contributed by atoms with Crippen molar-refractivity contribution in [1.82, 2.24) is 5.32 Å². The minimum atomic E-state index is -1.93. The molecule has 148 valence electrons. The van der Waals surface area contributed by atoms with Crippen LogP contribution in [0.5, 0.6) is 5.75 Å². The van der Waals surface area contributed by atoms with Gasteiger partial charge in [-0.05, 0) is 38.8 Å². The molecule has 0 aliphatic heterocycles. The number of hydrogen-bond acceptors (Lipinski definition) is 7. The molecule has 1 aromatic carbocycles. The summed E-state index contributed by atoms with van der Waals surface area (Å²) in [4.78, 5) is 26.5. The van der Waals surface area contributed by atoms with E-state index in [9.17, 15) is 20.0 Å². The van der Waals surface area contributed by atoms with Gasteiger partial charge in [0, 0.05) is 11.8 Å². The van der Waals surface area contributed by atoms with E-state index in [4.69, 9.17) is 16.9 Å². The van der Waals surface area contributed by atoms with Gasteiger partial charge in [0.15, 0.2) is 0 Å². The molecular weight excluding hydrogens is 354 g/mol. The number of nitrogens with one attached hydrogen (secondary N) is 1. The second-order valence-electron chi connectivity index (χ2n) is 6.66. The second-order valence-corrected chi connectivity index (χ2v) is 6.66. The van der Waals surface area contributed by atoms with E-state index >= 15 is 0 Å². The summed E-state index contributed by atoms with van der Waals surface area (Å²) < 4.78 is 5.66. The molecule has 0 saturated carbocycles. The van der Waals surface area contributed by atoms with Gasteiger partial charge in [0.2, 0.25) is 5.91 Å². The van der Waals surface area contributed by atoms with E-state index in [-0.39, 0.29) is 25.9 Å². The van der Waals surface area contributed by atoms with E-state index in [0.29, 0.717) is 5.75 Å². The van der Waals surface area contributed by atoms with Gasteiger partial charge in [-0.1, -0.05) is 18.2 Å². The Labute approximate surface area is 157 Å². The van der Waals surface area contributed by atoms with Crippen LogP contribution in [0.4, 0.5) is 0 Å². The van der Waals surface area contributed by atoms with Gasteiger partial charge >= 0.3 is 0 Å². The molecule has 4 N–H and O–H groups in total. The summed E-state index contributed by atoms with van der Waals surface area (Å²) in [6.07, 6.45) is 4.20. The van der Waals surface area contributed by atoms with Gasteiger partial charge in [0.1, 0.15) is 11.9 Å². The highest BCUT2D eigenvalue weighted by Crippen LogP contribution is 2.26. The quantitative estimate of drug-likeness (QED) is 0.173. The average molecular weight is 379 g/mol. The number of amides is 1. The van der Waals surface area contributed by atoms with Gasteiger partial charge in [-0.15, -0.1) is 22.5 Å². The Bertz CT molecular complexity index is 673. The number of aliphatic hydroxyl groups is 1. The van der Waals surface area contributed by atoms with Crippen molar-refractivity contribution in [2.24, 2.45) is 11.1 Å². The molecule has 2 atom stereocenters. The molecule has 0 radical (unpaired) electrons. The predicted molar refractivity (Wildman–Crippen MR) is 97.5 cm³/mol. The molecule has 9 nitrogen and oxygen atoms in total. The molecule has 9 heteroatoms. The zero-order valence-electron chi connectivity index (χ0n) is 15.4. The molecule has 1 aromatic rings. The Morgan fingerprint density at radius 3 is 2.63 bits per heavy atom. The van der Waals surface area contributed by atoms with Gasteiger partial charge in [-0.2, -0.15) is 0 Å². The third-order valence-corrected chi connectivity index (χ3v) is 3.70. The van der Waals surface area contributed by atoms with E-state index in [1.165, 1.54) is 0 Å². The molecule has 0 aliphatic rings. The lowest BCUT2D eigenvalue weighted by Gasteiger charge is -2.37. The maximum atomic E-state index is 12.2. The van der Waals surface area contributed by atoms with Gasteiger partial charge in [0.25, 0.3) is 10.9 Å². The van der Waals surface area contributed by atoms with Crippen LogP contribution in [0.1, 0.15) is 33.1 Å². The number of carbonyl (C=O) groups is 1. The number of rotatable bonds is 11. The van der Waals surface area contributed by atoms with E-state index in [1.807, 2.05) is 0 Å². The second kappa shape index (κ2) is 9.75. The van der Waals surface area contributed by atoms with Crippen molar-refractivity contribution in [3.63, 3.8) is 0 Å². The van der Waals surface area contributed by atoms with Crippen LogP contribution in [-0.4, -0.2) is 34.7 Å². The van der Waals surface area contributed by atoms with Gasteiger partial charge in [-0.25, -0.2) is 0 Å². The van der Waals surface area contributed by atoms with Gasteiger partial charge in [-0.3, -0.25) is 10.5 Å². The van der Waals surface area contributed by atoms with Crippen LogP contribution in [0.15, 0.2) is 30.3 Å². The van der Waals surface area contributed by atoms with Crippen LogP contribution in [-0.2, 0) is 9.63 Å². The van der Waals surface area contributed by atoms with E-state index in [1.54, 1.807) is 44.2 Å². The Balaban J connectivity index is 2.85. The van der Waals surface area contributed by atoms with Crippen LogP contribution in [0.2, 0.25) is 0 Å². The van der Waals surface area contributed by atoms with Gasteiger partial charge in [0.05, 0.1) is 6.61 Å². The maximum Gasteiger partial charge on any atom is 0.294 e. The molecule has 27 heavy (non-hydrogen) atoms. The lowest BCUT2D eigenvalue weighted by atomic mass is 9.86. The molecule has 1 rings (SSSR count). The first-order valence-electron chi connectivity index (χ1n) is 8.35. The lowest BCUT2D eigenvalue weighted by molar-refractivity contribution is -0.757. The molecular formula is C18H25N3O6. The highest BCUT2D eigenvalue weighted by Gasteiger charge is 2.40. The van der Waals surface area contributed by atoms with Crippen LogP contribution < -0.4 is 15.8 Å². The van der Waals surface area contributed by atoms with Crippen LogP contribution >= 0.6 is 0 Å². The fourth-order valence-electron chi connectivity index (χ4n) is 2.21. The minimum absolute atomic E-state index is 0.0670. The Morgan fingerprint density at radius 1 is 1.44 bits per heavy atom. The van der Waals surface area contributed by atoms with Crippen LogP contribution in [0.25, 0.3) is 0 Å². The highest BCUT2D eigenvalue weighted by molar-refractivity contribution is 5.76. The largest absolute Gasteiger partial charge is 0.452 e. The van der Waals surface area contributed by atoms with Crippen molar-refractivity contribution in [3.8, 4) is 18.1 Å². The summed E-state index contributed by atoms with van der Waals surface area (Å²) in [5, 5.41) is 22.2. The summed E-state index contributed by atoms with van der Waals surface area (Å²) in [6, 6.07) is 8.45. The van der Waals surface area contributed by atoms with Crippen LogP contribution in [0, 0.1) is 27.9 Å². The van der Waals surface area contributed by atoms with Crippen LogP contribution in [0.3, 0.4) is 0 Å². The van der Waals surface area contributed by atoms with Crippen molar-refractivity contribution in [2.45, 2.75) is 45.1 Å². The first-order chi connectivity index (χ1) is 12.6. The van der Waals surface area contributed by atoms with E-state index in [2.05, 4.69) is 16.1 Å². The fourth-order valence-corrected chi connectivity index (χ4v) is 2.21. The molecule has 0 saturated heterocycles. The topological polar surface area (TPSA) is 137 Å². The Kier molecular flexibility index (Phi) is 8.02. The fraction of sp³-hybridized carbons (Fsp3) is 0.500. The third kappa shape index (κ3) is 7.94. The lowest BCUT2D eigenvalue weighted by Crippen LogP contribution is -2.68. The van der Waals surface area contributed by atoms with Crippen molar-refractivity contribution in [2.75, 3.05) is 6.61 Å². The molecule has 0 bridgehead atoms. The molecule has 0 aromatic heterocycles. The summed E-state index contributed by atoms with van der Waals surface area (Å²) in [5.41, 5.74) is 5.49. The average Bonchev–Trinajstić information content (AvgIpc) is 2.59. The molecule has 2 unspecified atom stereocenters. The van der Waals surface area contributed by atoms with Crippen molar-refractivity contribution >= 4 is 5.91 Å². The summed E-state index contributed by atoms with van der Waals surface area (Å²) in [7, 11) is 0. The summed E-state index contributed by atoms with van der Waals surface area (Å²) >= 11 is 0. The number of ether oxygens (including phenoxy) is 1. The van der Waals surface area contributed by atoms with Crippen molar-refractivity contribution in [3.05, 3.63) is 40.4 Å². The number of para-hydroxylation sites is 1.